The summed E-state index contributed by atoms with van der Waals surface area (Å²) in [6.07, 6.45) is 6.82. The van der Waals surface area contributed by atoms with Crippen LogP contribution in [-0.2, 0) is 6.54 Å². The predicted octanol–water partition coefficient (Wildman–Crippen LogP) is 5.65. The minimum absolute atomic E-state index is 0.134. The van der Waals surface area contributed by atoms with Gasteiger partial charge in [0.1, 0.15) is 0 Å². The molecule has 3 heteroatoms. The molecule has 1 aromatic carbocycles. The van der Waals surface area contributed by atoms with Gasteiger partial charge in [-0.1, -0.05) is 43.0 Å². The van der Waals surface area contributed by atoms with Gasteiger partial charge < -0.3 is 5.32 Å². The second kappa shape index (κ2) is 7.20. The maximum Gasteiger partial charge on any atom is 0.0545 e. The molecule has 1 aliphatic carbocycles. The number of hydrogen-bond donors (Lipinski definition) is 1. The first kappa shape index (κ1) is 16.2. The Morgan fingerprint density at radius 3 is 2.55 bits per heavy atom. The normalized spacial score (nSPS) is 17.4. The van der Waals surface area contributed by atoms with Gasteiger partial charge in [-0.2, -0.15) is 0 Å². The van der Waals surface area contributed by atoms with Crippen LogP contribution in [0.4, 0.5) is 0 Å². The molecule has 112 valence electrons. The standard InChI is InChI=1S/C17H26ClNS/c1-17(2,3)19-12-13-8-7-11-15(18)16(13)20-14-9-5-4-6-10-14/h7-8,11,14,19H,4-6,9-10,12H2,1-3H3. The minimum Gasteiger partial charge on any atom is -0.308 e. The summed E-state index contributed by atoms with van der Waals surface area (Å²) in [5.74, 6) is 0. The highest BCUT2D eigenvalue weighted by Crippen LogP contribution is 2.39. The number of hydrogen-bond acceptors (Lipinski definition) is 2. The van der Waals surface area contributed by atoms with Crippen molar-refractivity contribution in [3.05, 3.63) is 28.8 Å². The Labute approximate surface area is 132 Å². The van der Waals surface area contributed by atoms with Gasteiger partial charge in [0, 0.05) is 22.2 Å². The lowest BCUT2D eigenvalue weighted by atomic mass is 10.0. The molecule has 0 saturated heterocycles. The highest BCUT2D eigenvalue weighted by atomic mass is 35.5. The summed E-state index contributed by atoms with van der Waals surface area (Å²) in [5, 5.41) is 5.23. The second-order valence-electron chi connectivity index (χ2n) is 6.71. The fourth-order valence-electron chi connectivity index (χ4n) is 2.53. The zero-order valence-corrected chi connectivity index (χ0v) is 14.4. The van der Waals surface area contributed by atoms with E-state index >= 15 is 0 Å². The molecule has 1 fully saturated rings. The van der Waals surface area contributed by atoms with Crippen LogP contribution in [0.3, 0.4) is 0 Å². The highest BCUT2D eigenvalue weighted by Gasteiger charge is 2.19. The third-order valence-electron chi connectivity index (χ3n) is 3.69. The van der Waals surface area contributed by atoms with Crippen LogP contribution in [0.25, 0.3) is 0 Å². The predicted molar refractivity (Wildman–Crippen MR) is 90.8 cm³/mol. The minimum atomic E-state index is 0.134. The van der Waals surface area contributed by atoms with E-state index in [4.69, 9.17) is 11.6 Å². The van der Waals surface area contributed by atoms with E-state index in [2.05, 4.69) is 38.2 Å². The monoisotopic (exact) mass is 311 g/mol. The van der Waals surface area contributed by atoms with Crippen molar-refractivity contribution in [2.75, 3.05) is 0 Å². The number of nitrogens with one attached hydrogen (secondary N) is 1. The molecule has 0 heterocycles. The Bertz CT molecular complexity index is 433. The zero-order valence-electron chi connectivity index (χ0n) is 12.8. The summed E-state index contributed by atoms with van der Waals surface area (Å²) in [6, 6.07) is 6.29. The van der Waals surface area contributed by atoms with E-state index < -0.39 is 0 Å². The zero-order chi connectivity index (χ0) is 14.6. The van der Waals surface area contributed by atoms with Gasteiger partial charge in [-0.15, -0.1) is 11.8 Å². The average Bonchev–Trinajstić information content (AvgIpc) is 2.40. The molecule has 0 atom stereocenters. The van der Waals surface area contributed by atoms with Crippen molar-refractivity contribution in [3.8, 4) is 0 Å². The van der Waals surface area contributed by atoms with Crippen molar-refractivity contribution >= 4 is 23.4 Å². The highest BCUT2D eigenvalue weighted by molar-refractivity contribution is 8.00. The third-order valence-corrected chi connectivity index (χ3v) is 5.64. The summed E-state index contributed by atoms with van der Waals surface area (Å²) in [6.45, 7) is 7.49. The maximum absolute atomic E-state index is 6.45. The largest absolute Gasteiger partial charge is 0.308 e. The van der Waals surface area contributed by atoms with Crippen molar-refractivity contribution in [2.45, 2.75) is 75.1 Å². The van der Waals surface area contributed by atoms with Crippen LogP contribution < -0.4 is 5.32 Å². The van der Waals surface area contributed by atoms with E-state index in [0.29, 0.717) is 0 Å². The number of thioether (sulfide) groups is 1. The Kier molecular flexibility index (Phi) is 5.83. The summed E-state index contributed by atoms with van der Waals surface area (Å²) in [7, 11) is 0. The molecule has 1 aliphatic rings. The maximum atomic E-state index is 6.45. The lowest BCUT2D eigenvalue weighted by Crippen LogP contribution is -2.35. The Morgan fingerprint density at radius 2 is 1.90 bits per heavy atom. The molecule has 1 N–H and O–H groups in total. The first-order valence-corrected chi connectivity index (χ1v) is 8.90. The molecule has 0 spiro atoms. The molecule has 0 aromatic heterocycles. The SMILES string of the molecule is CC(C)(C)NCc1cccc(Cl)c1SC1CCCCC1. The summed E-state index contributed by atoms with van der Waals surface area (Å²) >= 11 is 8.45. The molecular weight excluding hydrogens is 286 g/mol. The summed E-state index contributed by atoms with van der Waals surface area (Å²) in [4.78, 5) is 1.29. The molecule has 0 radical (unpaired) electrons. The smallest absolute Gasteiger partial charge is 0.0545 e. The van der Waals surface area contributed by atoms with Gasteiger partial charge in [-0.05, 0) is 45.2 Å². The van der Waals surface area contributed by atoms with E-state index in [9.17, 15) is 0 Å². The summed E-state index contributed by atoms with van der Waals surface area (Å²) in [5.41, 5.74) is 1.47. The topological polar surface area (TPSA) is 12.0 Å². The summed E-state index contributed by atoms with van der Waals surface area (Å²) < 4.78 is 0. The third kappa shape index (κ3) is 4.98. The van der Waals surface area contributed by atoms with Crippen molar-refractivity contribution in [1.82, 2.24) is 5.32 Å². The molecule has 0 bridgehead atoms. The van der Waals surface area contributed by atoms with Crippen molar-refractivity contribution in [3.63, 3.8) is 0 Å². The van der Waals surface area contributed by atoms with E-state index in [1.165, 1.54) is 42.6 Å². The van der Waals surface area contributed by atoms with Gasteiger partial charge in [-0.25, -0.2) is 0 Å². The van der Waals surface area contributed by atoms with Gasteiger partial charge in [0.05, 0.1) is 5.02 Å². The van der Waals surface area contributed by atoms with Gasteiger partial charge in [-0.3, -0.25) is 0 Å². The fourth-order valence-corrected chi connectivity index (χ4v) is 4.24. The van der Waals surface area contributed by atoms with Crippen LogP contribution in [0.2, 0.25) is 5.02 Å². The van der Waals surface area contributed by atoms with Crippen LogP contribution in [0, 0.1) is 0 Å². The quantitative estimate of drug-likeness (QED) is 0.770. The molecule has 0 unspecified atom stereocenters. The van der Waals surface area contributed by atoms with Crippen LogP contribution in [0.1, 0.15) is 58.4 Å². The fraction of sp³-hybridized carbons (Fsp3) is 0.647. The Balaban J connectivity index is 2.09. The van der Waals surface area contributed by atoms with Crippen LogP contribution in [-0.4, -0.2) is 10.8 Å². The van der Waals surface area contributed by atoms with Crippen molar-refractivity contribution in [2.24, 2.45) is 0 Å². The van der Waals surface area contributed by atoms with Gasteiger partial charge in [0.2, 0.25) is 0 Å². The molecular formula is C17H26ClNS. The van der Waals surface area contributed by atoms with Crippen molar-refractivity contribution in [1.29, 1.82) is 0 Å². The lowest BCUT2D eigenvalue weighted by Gasteiger charge is -2.25. The number of halogens is 1. The van der Waals surface area contributed by atoms with Crippen molar-refractivity contribution < 1.29 is 0 Å². The molecule has 1 aromatic rings. The molecule has 0 aliphatic heterocycles. The molecule has 2 rings (SSSR count). The second-order valence-corrected chi connectivity index (χ2v) is 8.43. The van der Waals surface area contributed by atoms with Gasteiger partial charge in [0.25, 0.3) is 0 Å². The molecule has 1 nitrogen and oxygen atoms in total. The van der Waals surface area contributed by atoms with Crippen LogP contribution in [0.15, 0.2) is 23.1 Å². The van der Waals surface area contributed by atoms with E-state index in [1.54, 1.807) is 0 Å². The Hall–Kier alpha value is -0.180. The van der Waals surface area contributed by atoms with E-state index in [-0.39, 0.29) is 5.54 Å². The van der Waals surface area contributed by atoms with Crippen LogP contribution in [0.5, 0.6) is 0 Å². The average molecular weight is 312 g/mol. The van der Waals surface area contributed by atoms with Gasteiger partial charge >= 0.3 is 0 Å². The number of benzene rings is 1. The molecule has 20 heavy (non-hydrogen) atoms. The first-order chi connectivity index (χ1) is 9.46. The molecule has 1 saturated carbocycles. The Morgan fingerprint density at radius 1 is 1.20 bits per heavy atom. The van der Waals surface area contributed by atoms with Gasteiger partial charge in [0.15, 0.2) is 0 Å². The lowest BCUT2D eigenvalue weighted by molar-refractivity contribution is 0.422. The van der Waals surface area contributed by atoms with E-state index in [0.717, 1.165) is 16.8 Å². The number of rotatable bonds is 4. The molecule has 0 amide bonds. The van der Waals surface area contributed by atoms with E-state index in [1.807, 2.05) is 17.8 Å². The van der Waals surface area contributed by atoms with Crippen LogP contribution >= 0.6 is 23.4 Å². The first-order valence-electron chi connectivity index (χ1n) is 7.65.